The summed E-state index contributed by atoms with van der Waals surface area (Å²) in [5.41, 5.74) is 0.557. The van der Waals surface area contributed by atoms with Crippen LogP contribution in [0.4, 0.5) is 0 Å². The van der Waals surface area contributed by atoms with Crippen LogP contribution in [0.1, 0.15) is 36.0 Å². The van der Waals surface area contributed by atoms with E-state index in [1.54, 1.807) is 6.07 Å². The molecule has 0 amide bonds. The highest BCUT2D eigenvalue weighted by Crippen LogP contribution is 2.12. The number of H-pyrrole nitrogens is 1. The number of fused-ring (bicyclic) bond motifs is 1. The Kier molecular flexibility index (Phi) is 5.86. The van der Waals surface area contributed by atoms with Gasteiger partial charge in [-0.2, -0.15) is 0 Å². The smallest absolute Gasteiger partial charge is 0.337 e. The third kappa shape index (κ3) is 4.08. The lowest BCUT2D eigenvalue weighted by Gasteiger charge is -2.09. The van der Waals surface area contributed by atoms with E-state index in [1.807, 2.05) is 0 Å². The molecule has 0 aliphatic heterocycles. The van der Waals surface area contributed by atoms with Crippen LogP contribution in [0.2, 0.25) is 0 Å². The molecule has 0 bridgehead atoms. The van der Waals surface area contributed by atoms with Crippen molar-refractivity contribution in [3.8, 4) is 0 Å². The molecule has 7 nitrogen and oxygen atoms in total. The topological polar surface area (TPSA) is 104 Å². The molecular formula is C16H17N2O5S-. The van der Waals surface area contributed by atoms with Crippen molar-refractivity contribution < 1.29 is 19.4 Å². The number of unbranched alkanes of at least 4 members (excludes halogenated alkanes) is 2. The second-order valence-corrected chi connectivity index (χ2v) is 5.71. The molecule has 0 atom stereocenters. The molecule has 2 aromatic rings. The third-order valence-corrected chi connectivity index (χ3v) is 3.99. The Morgan fingerprint density at radius 2 is 2.04 bits per heavy atom. The molecule has 0 aliphatic rings. The molecule has 0 spiro atoms. The van der Waals surface area contributed by atoms with E-state index in [0.29, 0.717) is 42.3 Å². The van der Waals surface area contributed by atoms with Crippen LogP contribution in [-0.4, -0.2) is 28.6 Å². The standard InChI is InChI=1S/C16H18N2O5S/c1-23-15(22)10-6-7-11-12(9-10)17-16(24)18(14(11)21)8-4-2-3-5-13(19)20/h6-7,9H,2-5,8H2,1H3,(H,17,24)(H,19,20)/p-1. The first-order chi connectivity index (χ1) is 11.4. The number of aromatic nitrogens is 2. The van der Waals surface area contributed by atoms with Gasteiger partial charge in [-0.15, -0.1) is 0 Å². The van der Waals surface area contributed by atoms with Gasteiger partial charge in [0.1, 0.15) is 0 Å². The minimum atomic E-state index is -1.07. The van der Waals surface area contributed by atoms with Gasteiger partial charge in [-0.05, 0) is 49.7 Å². The molecule has 0 saturated heterocycles. The van der Waals surface area contributed by atoms with Gasteiger partial charge in [0.2, 0.25) is 0 Å². The maximum Gasteiger partial charge on any atom is 0.337 e. The van der Waals surface area contributed by atoms with Gasteiger partial charge >= 0.3 is 5.97 Å². The van der Waals surface area contributed by atoms with Crippen LogP contribution < -0.4 is 10.7 Å². The van der Waals surface area contributed by atoms with Gasteiger partial charge in [0.25, 0.3) is 5.56 Å². The molecular weight excluding hydrogens is 332 g/mol. The van der Waals surface area contributed by atoms with Crippen LogP contribution in [0.5, 0.6) is 0 Å². The fraction of sp³-hybridized carbons (Fsp3) is 0.375. The normalized spacial score (nSPS) is 10.7. The molecule has 1 aromatic carbocycles. The number of rotatable bonds is 7. The van der Waals surface area contributed by atoms with E-state index in [1.165, 1.54) is 23.8 Å². The van der Waals surface area contributed by atoms with Gasteiger partial charge < -0.3 is 19.6 Å². The first kappa shape index (κ1) is 17.9. The van der Waals surface area contributed by atoms with Crippen molar-refractivity contribution in [1.82, 2.24) is 9.55 Å². The highest BCUT2D eigenvalue weighted by Gasteiger charge is 2.10. The summed E-state index contributed by atoms with van der Waals surface area (Å²) in [6, 6.07) is 4.61. The number of esters is 1. The molecule has 0 fully saturated rings. The first-order valence-corrected chi connectivity index (χ1v) is 7.90. The number of aromatic amines is 1. The van der Waals surface area contributed by atoms with Crippen molar-refractivity contribution in [1.29, 1.82) is 0 Å². The summed E-state index contributed by atoms with van der Waals surface area (Å²) >= 11 is 5.21. The SMILES string of the molecule is COC(=O)c1ccc2c(=O)n(CCCCCC(=O)[O-])c(=S)[nH]c2c1. The number of methoxy groups -OCH3 is 1. The number of aliphatic carboxylic acids is 1. The van der Waals surface area contributed by atoms with Gasteiger partial charge in [-0.25, -0.2) is 4.79 Å². The van der Waals surface area contributed by atoms with E-state index < -0.39 is 11.9 Å². The molecule has 24 heavy (non-hydrogen) atoms. The predicted octanol–water partition coefficient (Wildman–Crippen LogP) is 1.16. The van der Waals surface area contributed by atoms with Crippen molar-refractivity contribution in [2.24, 2.45) is 0 Å². The predicted molar refractivity (Wildman–Crippen MR) is 88.2 cm³/mol. The summed E-state index contributed by atoms with van der Waals surface area (Å²) in [5, 5.41) is 10.8. The van der Waals surface area contributed by atoms with E-state index in [0.717, 1.165) is 0 Å². The Labute approximate surface area is 142 Å². The van der Waals surface area contributed by atoms with Crippen LogP contribution in [0.3, 0.4) is 0 Å². The fourth-order valence-corrected chi connectivity index (χ4v) is 2.70. The minimum absolute atomic E-state index is 0.00970. The molecule has 2 rings (SSSR count). The van der Waals surface area contributed by atoms with E-state index in [9.17, 15) is 19.5 Å². The summed E-state index contributed by atoms with van der Waals surface area (Å²) in [6.07, 6.45) is 1.81. The largest absolute Gasteiger partial charge is 0.550 e. The number of carbonyl (C=O) groups is 2. The highest BCUT2D eigenvalue weighted by atomic mass is 32.1. The number of carboxylic acid groups (broad SMARTS) is 1. The van der Waals surface area contributed by atoms with E-state index in [2.05, 4.69) is 9.72 Å². The molecule has 0 unspecified atom stereocenters. The number of nitrogens with zero attached hydrogens (tertiary/aromatic N) is 1. The zero-order valence-electron chi connectivity index (χ0n) is 13.2. The van der Waals surface area contributed by atoms with Crippen molar-refractivity contribution in [3.05, 3.63) is 38.9 Å². The monoisotopic (exact) mass is 349 g/mol. The van der Waals surface area contributed by atoms with Crippen LogP contribution in [0.25, 0.3) is 10.9 Å². The Bertz CT molecular complexity index is 884. The van der Waals surface area contributed by atoms with E-state index >= 15 is 0 Å². The Morgan fingerprint density at radius 1 is 1.29 bits per heavy atom. The number of ether oxygens (including phenoxy) is 1. The summed E-state index contributed by atoms with van der Waals surface area (Å²) in [7, 11) is 1.28. The molecule has 1 aromatic heterocycles. The number of nitrogens with one attached hydrogen (secondary N) is 1. The van der Waals surface area contributed by atoms with Crippen LogP contribution in [-0.2, 0) is 16.1 Å². The Morgan fingerprint density at radius 3 is 2.71 bits per heavy atom. The molecule has 0 aliphatic carbocycles. The second kappa shape index (κ2) is 7.87. The third-order valence-electron chi connectivity index (χ3n) is 3.67. The fourth-order valence-electron chi connectivity index (χ4n) is 2.42. The van der Waals surface area contributed by atoms with Crippen LogP contribution in [0.15, 0.2) is 23.0 Å². The maximum absolute atomic E-state index is 12.5. The maximum atomic E-state index is 12.5. The molecule has 0 saturated carbocycles. The summed E-state index contributed by atoms with van der Waals surface area (Å²) in [6.45, 7) is 0.399. The average Bonchev–Trinajstić information content (AvgIpc) is 2.55. The molecule has 0 radical (unpaired) electrons. The van der Waals surface area contributed by atoms with Crippen LogP contribution in [0, 0.1) is 4.77 Å². The Balaban J connectivity index is 2.23. The van der Waals surface area contributed by atoms with Gasteiger partial charge in [0.05, 0.1) is 23.6 Å². The number of hydrogen-bond acceptors (Lipinski definition) is 6. The Hall–Kier alpha value is -2.48. The minimum Gasteiger partial charge on any atom is -0.550 e. The van der Waals surface area contributed by atoms with Gasteiger partial charge in [0.15, 0.2) is 4.77 Å². The van der Waals surface area contributed by atoms with Crippen molar-refractivity contribution in [2.45, 2.75) is 32.2 Å². The van der Waals surface area contributed by atoms with Gasteiger partial charge in [-0.3, -0.25) is 9.36 Å². The highest BCUT2D eigenvalue weighted by molar-refractivity contribution is 7.71. The summed E-state index contributed by atoms with van der Waals surface area (Å²) in [5.74, 6) is -1.56. The summed E-state index contributed by atoms with van der Waals surface area (Å²) < 4.78 is 6.35. The molecule has 8 heteroatoms. The molecule has 1 N–H and O–H groups in total. The quantitative estimate of drug-likeness (QED) is 0.457. The lowest BCUT2D eigenvalue weighted by molar-refractivity contribution is -0.305. The number of carbonyl (C=O) groups excluding carboxylic acids is 2. The van der Waals surface area contributed by atoms with Gasteiger partial charge in [0, 0.05) is 12.5 Å². The zero-order chi connectivity index (χ0) is 17.7. The van der Waals surface area contributed by atoms with Crippen LogP contribution >= 0.6 is 12.2 Å². The molecule has 1 heterocycles. The van der Waals surface area contributed by atoms with Crippen molar-refractivity contribution in [2.75, 3.05) is 7.11 Å². The lowest BCUT2D eigenvalue weighted by atomic mass is 10.1. The van der Waals surface area contributed by atoms with E-state index in [4.69, 9.17) is 12.2 Å². The molecule has 128 valence electrons. The number of hydrogen-bond donors (Lipinski definition) is 1. The lowest BCUT2D eigenvalue weighted by Crippen LogP contribution is -2.23. The van der Waals surface area contributed by atoms with Crippen molar-refractivity contribution >= 4 is 35.1 Å². The summed E-state index contributed by atoms with van der Waals surface area (Å²) in [4.78, 5) is 37.4. The van der Waals surface area contributed by atoms with Gasteiger partial charge in [-0.1, -0.05) is 6.42 Å². The van der Waals surface area contributed by atoms with Crippen molar-refractivity contribution in [3.63, 3.8) is 0 Å². The second-order valence-electron chi connectivity index (χ2n) is 5.32. The van der Waals surface area contributed by atoms with E-state index in [-0.39, 0.29) is 16.8 Å². The zero-order valence-corrected chi connectivity index (χ0v) is 14.0. The number of carboxylic acids is 1. The first-order valence-electron chi connectivity index (χ1n) is 7.49. The number of benzene rings is 1. The average molecular weight is 349 g/mol.